The first kappa shape index (κ1) is 20.5. The molecule has 30 heavy (non-hydrogen) atoms. The van der Waals surface area contributed by atoms with Gasteiger partial charge < -0.3 is 4.90 Å². The van der Waals surface area contributed by atoms with E-state index in [-0.39, 0.29) is 11.8 Å². The van der Waals surface area contributed by atoms with Crippen molar-refractivity contribution in [1.29, 1.82) is 0 Å². The smallest absolute Gasteiger partial charge is 0.235 e. The second kappa shape index (κ2) is 8.50. The van der Waals surface area contributed by atoms with Gasteiger partial charge in [-0.15, -0.1) is 4.91 Å². The fourth-order valence-corrected chi connectivity index (χ4v) is 4.78. The number of rotatable bonds is 6. The zero-order valence-electron chi connectivity index (χ0n) is 16.5. The van der Waals surface area contributed by atoms with Crippen LogP contribution in [-0.4, -0.2) is 36.0 Å². The Morgan fingerprint density at radius 1 is 1.30 bits per heavy atom. The summed E-state index contributed by atoms with van der Waals surface area (Å²) in [6, 6.07) is 9.43. The number of nitroso groups, excluding NO2 is 1. The second-order valence-corrected chi connectivity index (χ2v) is 8.90. The minimum absolute atomic E-state index is 0.0576. The molecule has 0 aliphatic carbocycles. The molecular formula is C20H20N6O2S2. The van der Waals surface area contributed by atoms with E-state index in [9.17, 15) is 9.70 Å². The zero-order valence-corrected chi connectivity index (χ0v) is 18.1. The van der Waals surface area contributed by atoms with Crippen molar-refractivity contribution in [2.75, 3.05) is 29.9 Å². The van der Waals surface area contributed by atoms with Gasteiger partial charge in [-0.05, 0) is 47.8 Å². The highest BCUT2D eigenvalue weighted by Gasteiger charge is 2.35. The Bertz CT molecular complexity index is 1080. The minimum Gasteiger partial charge on any atom is -0.370 e. The lowest BCUT2D eigenvalue weighted by atomic mass is 9.97. The highest BCUT2D eigenvalue weighted by atomic mass is 32.2. The average Bonchev–Trinajstić information content (AvgIpc) is 3.13. The number of benzene rings is 1. The maximum Gasteiger partial charge on any atom is 0.235 e. The predicted octanol–water partition coefficient (Wildman–Crippen LogP) is 3.98. The van der Waals surface area contributed by atoms with Crippen molar-refractivity contribution in [3.8, 4) is 11.1 Å². The van der Waals surface area contributed by atoms with Gasteiger partial charge in [0.1, 0.15) is 5.69 Å². The number of hydrogen-bond donors (Lipinski definition) is 1. The molecule has 0 spiro atoms. The number of thiazole rings is 1. The molecule has 1 aliphatic rings. The number of carbonyl (C=O) groups is 1. The molecule has 1 fully saturated rings. The lowest BCUT2D eigenvalue weighted by Crippen LogP contribution is -2.54. The van der Waals surface area contributed by atoms with Gasteiger partial charge in [0.2, 0.25) is 5.91 Å². The van der Waals surface area contributed by atoms with Crippen molar-refractivity contribution < 1.29 is 4.79 Å². The number of aryl methyl sites for hydroxylation is 1. The van der Waals surface area contributed by atoms with Gasteiger partial charge in [-0.1, -0.05) is 23.5 Å². The summed E-state index contributed by atoms with van der Waals surface area (Å²) in [7, 11) is 1.76. The van der Waals surface area contributed by atoms with E-state index in [0.29, 0.717) is 29.5 Å². The van der Waals surface area contributed by atoms with E-state index in [1.165, 1.54) is 11.3 Å². The van der Waals surface area contributed by atoms with Gasteiger partial charge in [0, 0.05) is 43.8 Å². The molecule has 0 bridgehead atoms. The predicted molar refractivity (Wildman–Crippen MR) is 121 cm³/mol. The van der Waals surface area contributed by atoms with Crippen LogP contribution >= 0.6 is 23.3 Å². The number of pyridine rings is 1. The number of carbonyl (C=O) groups excluding carboxylic acids is 1. The summed E-state index contributed by atoms with van der Waals surface area (Å²) in [5, 5.41) is 9.37. The van der Waals surface area contributed by atoms with Crippen LogP contribution in [0.2, 0.25) is 0 Å². The molecule has 0 radical (unpaired) electrons. The number of hydrogen-bond acceptors (Lipinski definition) is 9. The molecule has 8 nitrogen and oxygen atoms in total. The Kier molecular flexibility index (Phi) is 5.80. The summed E-state index contributed by atoms with van der Waals surface area (Å²) >= 11 is 2.59. The Morgan fingerprint density at radius 2 is 2.03 bits per heavy atom. The summed E-state index contributed by atoms with van der Waals surface area (Å²) in [4.78, 5) is 36.1. The largest absolute Gasteiger partial charge is 0.370 e. The molecular weight excluding hydrogens is 420 g/mol. The molecule has 1 amide bonds. The molecule has 1 aromatic carbocycles. The third-order valence-corrected chi connectivity index (χ3v) is 7.21. The zero-order chi connectivity index (χ0) is 21.3. The van der Waals surface area contributed by atoms with Crippen molar-refractivity contribution in [3.63, 3.8) is 0 Å². The van der Waals surface area contributed by atoms with Crippen LogP contribution in [-0.2, 0) is 4.79 Å². The third kappa shape index (κ3) is 3.81. The van der Waals surface area contributed by atoms with Crippen LogP contribution in [0.5, 0.6) is 0 Å². The lowest BCUT2D eigenvalue weighted by Gasteiger charge is -2.41. The molecule has 10 heteroatoms. The van der Waals surface area contributed by atoms with Crippen LogP contribution in [0.1, 0.15) is 5.69 Å². The van der Waals surface area contributed by atoms with Gasteiger partial charge in [0.15, 0.2) is 5.13 Å². The van der Waals surface area contributed by atoms with Crippen LogP contribution in [0.4, 0.5) is 16.5 Å². The van der Waals surface area contributed by atoms with E-state index < -0.39 is 0 Å². The van der Waals surface area contributed by atoms with Crippen molar-refractivity contribution in [1.82, 2.24) is 9.97 Å². The molecule has 0 atom stereocenters. The van der Waals surface area contributed by atoms with Crippen molar-refractivity contribution in [3.05, 3.63) is 53.3 Å². The van der Waals surface area contributed by atoms with Crippen LogP contribution in [0.25, 0.3) is 11.1 Å². The summed E-state index contributed by atoms with van der Waals surface area (Å²) < 4.78 is 0.918. The first-order chi connectivity index (χ1) is 14.5. The van der Waals surface area contributed by atoms with Crippen molar-refractivity contribution in [2.24, 2.45) is 16.2 Å². The minimum atomic E-state index is -0.0722. The summed E-state index contributed by atoms with van der Waals surface area (Å²) in [5.74, 6) is -0.0145. The van der Waals surface area contributed by atoms with Crippen LogP contribution in [0.3, 0.4) is 0 Å². The summed E-state index contributed by atoms with van der Waals surface area (Å²) in [5.41, 5.74) is 3.82. The van der Waals surface area contributed by atoms with Gasteiger partial charge in [-0.3, -0.25) is 19.8 Å². The Morgan fingerprint density at radius 3 is 2.67 bits per heavy atom. The van der Waals surface area contributed by atoms with Gasteiger partial charge in [0.05, 0.1) is 15.8 Å². The van der Waals surface area contributed by atoms with Crippen LogP contribution in [0.15, 0.2) is 52.1 Å². The van der Waals surface area contributed by atoms with E-state index in [1.807, 2.05) is 31.2 Å². The molecule has 0 saturated carbocycles. The lowest BCUT2D eigenvalue weighted by molar-refractivity contribution is -0.122. The highest BCUT2D eigenvalue weighted by molar-refractivity contribution is 7.99. The molecule has 1 aliphatic heterocycles. The molecule has 4 rings (SSSR count). The number of nitrogens with two attached hydrogens (primary N) is 1. The van der Waals surface area contributed by atoms with E-state index in [2.05, 4.69) is 20.0 Å². The first-order valence-electron chi connectivity index (χ1n) is 9.26. The quantitative estimate of drug-likeness (QED) is 0.457. The SMILES string of the molecule is Cc1nc(N(C)C(=O)C2CN(c3ccc(-c4cnccc4N=O)cc3)C2)sc1SN. The van der Waals surface area contributed by atoms with E-state index in [1.54, 1.807) is 30.4 Å². The highest BCUT2D eigenvalue weighted by Crippen LogP contribution is 2.34. The van der Waals surface area contributed by atoms with Gasteiger partial charge >= 0.3 is 0 Å². The summed E-state index contributed by atoms with van der Waals surface area (Å²) in [6.45, 7) is 3.20. The number of nitrogens with zero attached hydrogens (tertiary/aromatic N) is 5. The van der Waals surface area contributed by atoms with Crippen molar-refractivity contribution >= 4 is 45.7 Å². The fourth-order valence-electron chi connectivity index (χ4n) is 3.38. The Labute approximate surface area is 182 Å². The molecule has 2 N–H and O–H groups in total. The molecule has 3 heterocycles. The number of anilines is 2. The topological polar surface area (TPSA) is 105 Å². The monoisotopic (exact) mass is 440 g/mol. The van der Waals surface area contributed by atoms with E-state index in [4.69, 9.17) is 5.14 Å². The fraction of sp³-hybridized carbons (Fsp3) is 0.250. The first-order valence-corrected chi connectivity index (χ1v) is 11.0. The maximum absolute atomic E-state index is 12.8. The molecule has 3 aromatic rings. The number of aromatic nitrogens is 2. The third-order valence-electron chi connectivity index (χ3n) is 5.14. The standard InChI is InChI=1S/C20H20N6O2S2/c1-12-19(30-21)29-20(23-12)25(2)18(27)14-10-26(11-14)15-5-3-13(4-6-15)16-9-22-8-7-17(16)24-28/h3-9,14H,10-11,21H2,1-2H3. The average molecular weight is 441 g/mol. The molecule has 154 valence electrons. The Balaban J connectivity index is 1.40. The number of amides is 1. The van der Waals surface area contributed by atoms with Gasteiger partial charge in [-0.25, -0.2) is 4.98 Å². The van der Waals surface area contributed by atoms with Gasteiger partial charge in [0.25, 0.3) is 0 Å². The van der Waals surface area contributed by atoms with Crippen LogP contribution < -0.4 is 14.9 Å². The normalized spacial score (nSPS) is 13.8. The van der Waals surface area contributed by atoms with E-state index >= 15 is 0 Å². The molecule has 1 saturated heterocycles. The summed E-state index contributed by atoms with van der Waals surface area (Å²) in [6.07, 6.45) is 3.18. The maximum atomic E-state index is 12.8. The van der Waals surface area contributed by atoms with Crippen LogP contribution in [0, 0.1) is 17.7 Å². The van der Waals surface area contributed by atoms with E-state index in [0.717, 1.165) is 33.1 Å². The molecule has 0 unspecified atom stereocenters. The molecule has 2 aromatic heterocycles. The second-order valence-electron chi connectivity index (χ2n) is 7.02. The van der Waals surface area contributed by atoms with Crippen molar-refractivity contribution in [2.45, 2.75) is 11.1 Å². The van der Waals surface area contributed by atoms with Gasteiger partial charge in [-0.2, -0.15) is 0 Å². The Hall–Kier alpha value is -2.82.